The van der Waals surface area contributed by atoms with Crippen LogP contribution in [0.15, 0.2) is 42.5 Å². The Balaban J connectivity index is 1.44. The molecule has 2 amide bonds. The second kappa shape index (κ2) is 7.91. The summed E-state index contributed by atoms with van der Waals surface area (Å²) in [7, 11) is 0. The molecule has 2 heterocycles. The van der Waals surface area contributed by atoms with Gasteiger partial charge in [0.1, 0.15) is 0 Å². The molecule has 1 atom stereocenters. The summed E-state index contributed by atoms with van der Waals surface area (Å²) in [4.78, 5) is 31.1. The normalized spacial score (nSPS) is 20.9. The number of amides is 2. The van der Waals surface area contributed by atoms with Gasteiger partial charge in [0, 0.05) is 36.9 Å². The Morgan fingerprint density at radius 1 is 0.786 bits per heavy atom. The fraction of sp³-hybridized carbons (Fsp3) is 0.300. The van der Waals surface area contributed by atoms with Crippen molar-refractivity contribution in [2.24, 2.45) is 0 Å². The van der Waals surface area contributed by atoms with E-state index in [-0.39, 0.29) is 18.2 Å². The Bertz CT molecular complexity index is 911. The van der Waals surface area contributed by atoms with Gasteiger partial charge in [0.15, 0.2) is 0 Å². The highest BCUT2D eigenvalue weighted by atomic mass is 35.5. The van der Waals surface area contributed by atoms with Crippen LogP contribution in [-0.2, 0) is 9.59 Å². The van der Waals surface area contributed by atoms with Gasteiger partial charge in [-0.15, -0.1) is 0 Å². The summed E-state index contributed by atoms with van der Waals surface area (Å²) in [5, 5.41) is 1.42. The van der Waals surface area contributed by atoms with Gasteiger partial charge in [0.05, 0.1) is 28.2 Å². The smallest absolute Gasteiger partial charge is 0.251 e. The summed E-state index contributed by atoms with van der Waals surface area (Å²) in [5.41, 5.74) is 1.57. The number of hydrogen-bond acceptors (Lipinski definition) is 4. The van der Waals surface area contributed by atoms with Crippen LogP contribution in [0.5, 0.6) is 0 Å². The molecule has 2 aromatic carbocycles. The number of piperazine rings is 1. The number of anilines is 2. The minimum Gasteiger partial charge on any atom is -0.369 e. The van der Waals surface area contributed by atoms with Crippen LogP contribution < -0.4 is 9.80 Å². The highest BCUT2D eigenvalue weighted by Crippen LogP contribution is 2.31. The van der Waals surface area contributed by atoms with Crippen LogP contribution in [0.3, 0.4) is 0 Å². The molecule has 5 nitrogen and oxygen atoms in total. The summed E-state index contributed by atoms with van der Waals surface area (Å²) in [5.74, 6) is -0.420. The quantitative estimate of drug-likeness (QED) is 0.677. The van der Waals surface area contributed by atoms with Crippen LogP contribution in [-0.4, -0.2) is 48.9 Å². The van der Waals surface area contributed by atoms with Crippen molar-refractivity contribution in [3.8, 4) is 0 Å². The molecule has 0 N–H and O–H groups in total. The van der Waals surface area contributed by atoms with E-state index in [0.29, 0.717) is 33.8 Å². The van der Waals surface area contributed by atoms with Crippen molar-refractivity contribution in [2.75, 3.05) is 36.0 Å². The molecule has 4 rings (SSSR count). The number of hydrogen-bond donors (Lipinski definition) is 0. The molecule has 0 aliphatic carbocycles. The molecule has 2 fully saturated rings. The van der Waals surface area contributed by atoms with Crippen molar-refractivity contribution in [1.82, 2.24) is 4.90 Å². The highest BCUT2D eigenvalue weighted by Gasteiger charge is 2.43. The summed E-state index contributed by atoms with van der Waals surface area (Å²) in [6.07, 6.45) is 0.181. The van der Waals surface area contributed by atoms with Crippen molar-refractivity contribution in [1.29, 1.82) is 0 Å². The lowest BCUT2D eigenvalue weighted by molar-refractivity contribution is -0.123. The molecule has 1 unspecified atom stereocenters. The third-order valence-electron chi connectivity index (χ3n) is 5.23. The molecule has 0 saturated carbocycles. The summed E-state index contributed by atoms with van der Waals surface area (Å²) < 4.78 is 0. The monoisotopic (exact) mass is 437 g/mol. The van der Waals surface area contributed by atoms with Gasteiger partial charge in [-0.2, -0.15) is 0 Å². The minimum absolute atomic E-state index is 0.181. The minimum atomic E-state index is -0.436. The van der Waals surface area contributed by atoms with Crippen LogP contribution in [0, 0.1) is 0 Å². The molecule has 0 bridgehead atoms. The molecular formula is C20H18Cl3N3O2. The Kier molecular flexibility index (Phi) is 5.52. The number of rotatable bonds is 3. The van der Waals surface area contributed by atoms with E-state index >= 15 is 0 Å². The topological polar surface area (TPSA) is 43.9 Å². The second-order valence-electron chi connectivity index (χ2n) is 6.89. The van der Waals surface area contributed by atoms with Crippen molar-refractivity contribution in [3.63, 3.8) is 0 Å². The van der Waals surface area contributed by atoms with Crippen LogP contribution in [0.2, 0.25) is 15.1 Å². The SMILES string of the molecule is O=C1CC(N2CCN(c3ccc(Cl)cc3)CC2)C(=O)N1c1ccc(Cl)c(Cl)c1. The van der Waals surface area contributed by atoms with E-state index in [4.69, 9.17) is 34.8 Å². The van der Waals surface area contributed by atoms with Crippen molar-refractivity contribution in [2.45, 2.75) is 12.5 Å². The number of carbonyl (C=O) groups is 2. The number of nitrogens with zero attached hydrogens (tertiary/aromatic N) is 3. The largest absolute Gasteiger partial charge is 0.369 e. The zero-order chi connectivity index (χ0) is 19.8. The molecule has 0 spiro atoms. The van der Waals surface area contributed by atoms with E-state index in [9.17, 15) is 9.59 Å². The maximum absolute atomic E-state index is 13.0. The average Bonchev–Trinajstić information content (AvgIpc) is 2.99. The highest BCUT2D eigenvalue weighted by molar-refractivity contribution is 6.42. The summed E-state index contributed by atoms with van der Waals surface area (Å²) >= 11 is 17.9. The first-order chi connectivity index (χ1) is 13.4. The van der Waals surface area contributed by atoms with Gasteiger partial charge < -0.3 is 4.90 Å². The first kappa shape index (κ1) is 19.5. The lowest BCUT2D eigenvalue weighted by atomic mass is 10.1. The number of halogens is 3. The van der Waals surface area contributed by atoms with Gasteiger partial charge in [0.25, 0.3) is 5.91 Å². The number of benzene rings is 2. The summed E-state index contributed by atoms with van der Waals surface area (Å²) in [6, 6.07) is 12.1. The van der Waals surface area contributed by atoms with Crippen molar-refractivity contribution >= 4 is 58.0 Å². The third-order valence-corrected chi connectivity index (χ3v) is 6.22. The second-order valence-corrected chi connectivity index (χ2v) is 8.14. The Labute approximate surface area is 178 Å². The lowest BCUT2D eigenvalue weighted by Crippen LogP contribution is -2.52. The van der Waals surface area contributed by atoms with Gasteiger partial charge in [-0.3, -0.25) is 14.5 Å². The Morgan fingerprint density at radius 2 is 1.43 bits per heavy atom. The number of imide groups is 1. The van der Waals surface area contributed by atoms with E-state index in [2.05, 4.69) is 9.80 Å². The molecule has 8 heteroatoms. The third kappa shape index (κ3) is 3.72. The average molecular weight is 439 g/mol. The first-order valence-electron chi connectivity index (χ1n) is 9.00. The molecular weight excluding hydrogens is 421 g/mol. The van der Waals surface area contributed by atoms with E-state index in [1.54, 1.807) is 18.2 Å². The molecule has 0 radical (unpaired) electrons. The molecule has 0 aromatic heterocycles. The molecule has 2 aliphatic rings. The summed E-state index contributed by atoms with van der Waals surface area (Å²) in [6.45, 7) is 2.99. The molecule has 2 aliphatic heterocycles. The Hall–Kier alpha value is -1.79. The molecule has 2 aromatic rings. The van der Waals surface area contributed by atoms with Gasteiger partial charge >= 0.3 is 0 Å². The predicted molar refractivity (Wildman–Crippen MR) is 113 cm³/mol. The van der Waals surface area contributed by atoms with Crippen LogP contribution in [0.1, 0.15) is 6.42 Å². The first-order valence-corrected chi connectivity index (χ1v) is 10.1. The van der Waals surface area contributed by atoms with Gasteiger partial charge in [-0.1, -0.05) is 34.8 Å². The van der Waals surface area contributed by atoms with E-state index in [1.165, 1.54) is 4.90 Å². The Morgan fingerprint density at radius 3 is 2.07 bits per heavy atom. The zero-order valence-corrected chi connectivity index (χ0v) is 17.2. The van der Waals surface area contributed by atoms with Crippen LogP contribution >= 0.6 is 34.8 Å². The van der Waals surface area contributed by atoms with Crippen molar-refractivity contribution < 1.29 is 9.59 Å². The molecule has 2 saturated heterocycles. The van der Waals surface area contributed by atoms with Crippen LogP contribution in [0.4, 0.5) is 11.4 Å². The number of carbonyl (C=O) groups excluding carboxylic acids is 2. The lowest BCUT2D eigenvalue weighted by Gasteiger charge is -2.38. The zero-order valence-electron chi connectivity index (χ0n) is 14.9. The van der Waals surface area contributed by atoms with Gasteiger partial charge in [-0.25, -0.2) is 4.90 Å². The van der Waals surface area contributed by atoms with Crippen molar-refractivity contribution in [3.05, 3.63) is 57.5 Å². The predicted octanol–water partition coefficient (Wildman–Crippen LogP) is 4.10. The van der Waals surface area contributed by atoms with E-state index < -0.39 is 6.04 Å². The van der Waals surface area contributed by atoms with E-state index in [0.717, 1.165) is 18.8 Å². The molecule has 146 valence electrons. The van der Waals surface area contributed by atoms with Gasteiger partial charge in [0.2, 0.25) is 5.91 Å². The van der Waals surface area contributed by atoms with Crippen LogP contribution in [0.25, 0.3) is 0 Å². The maximum atomic E-state index is 13.0. The standard InChI is InChI=1S/C20H18Cl3N3O2/c21-13-1-3-14(4-2-13)24-7-9-25(10-8-24)18-12-19(27)26(20(18)28)15-5-6-16(22)17(23)11-15/h1-6,11,18H,7-10,12H2. The van der Waals surface area contributed by atoms with Gasteiger partial charge in [-0.05, 0) is 42.5 Å². The maximum Gasteiger partial charge on any atom is 0.251 e. The molecule has 28 heavy (non-hydrogen) atoms. The fourth-order valence-corrected chi connectivity index (χ4v) is 4.16. The fourth-order valence-electron chi connectivity index (χ4n) is 3.74. The van der Waals surface area contributed by atoms with E-state index in [1.807, 2.05) is 24.3 Å².